The lowest BCUT2D eigenvalue weighted by molar-refractivity contribution is 0.667. The average molecular weight is 779 g/mol. The summed E-state index contributed by atoms with van der Waals surface area (Å²) in [7, 11) is 0. The predicted octanol–water partition coefficient (Wildman–Crippen LogP) is 17.1. The van der Waals surface area contributed by atoms with Crippen LogP contribution >= 0.6 is 11.3 Å². The molecule has 0 saturated heterocycles. The van der Waals surface area contributed by atoms with Gasteiger partial charge in [-0.05, 0) is 116 Å². The molecule has 1 aliphatic rings. The summed E-state index contributed by atoms with van der Waals surface area (Å²) < 4.78 is 2.76. The van der Waals surface area contributed by atoms with Gasteiger partial charge in [-0.15, -0.1) is 11.3 Å². The van der Waals surface area contributed by atoms with Crippen LogP contribution in [-0.2, 0) is 5.41 Å². The first kappa shape index (κ1) is 33.9. The van der Waals surface area contributed by atoms with Crippen molar-refractivity contribution >= 4 is 85.4 Å². The molecule has 0 saturated carbocycles. The Labute approximate surface area is 352 Å². The molecule has 0 aliphatic heterocycles. The minimum absolute atomic E-state index is 0.177. The summed E-state index contributed by atoms with van der Waals surface area (Å²) in [5.41, 5.74) is 13.1. The third kappa shape index (κ3) is 4.56. The van der Waals surface area contributed by atoms with Gasteiger partial charge in [0.15, 0.2) is 0 Å². The van der Waals surface area contributed by atoms with Crippen molar-refractivity contribution in [2.45, 2.75) is 19.3 Å². The molecule has 1 aliphatic carbocycles. The second-order valence-electron chi connectivity index (χ2n) is 17.1. The molecular weight excluding hydrogens is 741 g/mol. The summed E-state index contributed by atoms with van der Waals surface area (Å²) in [6.45, 7) is 4.87. The van der Waals surface area contributed by atoms with Crippen molar-refractivity contribution in [2.24, 2.45) is 0 Å². The maximum absolute atomic E-state index is 2.51. The Balaban J connectivity index is 1.04. The van der Waals surface area contributed by atoms with Crippen LogP contribution in [0.1, 0.15) is 25.0 Å². The molecule has 0 spiro atoms. The highest BCUT2D eigenvalue weighted by Gasteiger charge is 2.39. The van der Waals surface area contributed by atoms with E-state index in [2.05, 4.69) is 208 Å². The Morgan fingerprint density at radius 3 is 1.52 bits per heavy atom. The van der Waals surface area contributed by atoms with Crippen molar-refractivity contribution in [3.8, 4) is 44.5 Å². The van der Waals surface area contributed by atoms with Gasteiger partial charge < -0.3 is 0 Å². The van der Waals surface area contributed by atoms with Crippen LogP contribution in [0.15, 0.2) is 194 Å². The fourth-order valence-electron chi connectivity index (χ4n) is 11.1. The maximum atomic E-state index is 2.51. The first-order chi connectivity index (χ1) is 29.6. The van der Waals surface area contributed by atoms with Crippen molar-refractivity contribution in [2.75, 3.05) is 0 Å². The Hall–Kier alpha value is -7.06. The minimum atomic E-state index is -0.177. The molecule has 0 amide bonds. The van der Waals surface area contributed by atoms with E-state index in [1.807, 2.05) is 11.3 Å². The fourth-order valence-corrected chi connectivity index (χ4v) is 12.3. The normalized spacial score (nSPS) is 13.3. The quantitative estimate of drug-likeness (QED) is 0.157. The van der Waals surface area contributed by atoms with Crippen molar-refractivity contribution in [1.29, 1.82) is 0 Å². The standard InChI is InChI=1S/C59H38S/c1-59(2)51-34-36(30-31-49(51)56-57(59)48-26-12-11-25-46(48)55-50-27-13-14-29-52(50)60-58(55)56)38-32-33-47(40-20-6-5-19-39(38)40)54-44-23-9-7-21-42(44)53(43-22-8-10-24-45(43)54)41-28-15-17-35-16-3-4-18-37(35)41/h3-34H,1-2H3. The van der Waals surface area contributed by atoms with Crippen molar-refractivity contribution in [3.05, 3.63) is 205 Å². The van der Waals surface area contributed by atoms with E-state index >= 15 is 0 Å². The molecule has 0 nitrogen and oxygen atoms in total. The molecule has 13 rings (SSSR count). The fraction of sp³-hybridized carbons (Fsp3) is 0.0508. The lowest BCUT2D eigenvalue weighted by Gasteiger charge is -2.24. The monoisotopic (exact) mass is 778 g/mol. The van der Waals surface area contributed by atoms with E-state index in [0.29, 0.717) is 0 Å². The molecule has 1 aromatic heterocycles. The second kappa shape index (κ2) is 12.5. The molecule has 0 atom stereocenters. The summed E-state index contributed by atoms with van der Waals surface area (Å²) >= 11 is 1.95. The van der Waals surface area contributed by atoms with Gasteiger partial charge in [0.1, 0.15) is 0 Å². The van der Waals surface area contributed by atoms with Crippen LogP contribution in [0, 0.1) is 0 Å². The number of rotatable bonds is 3. The molecule has 11 aromatic carbocycles. The number of hydrogen-bond donors (Lipinski definition) is 0. The van der Waals surface area contributed by atoms with Crippen LogP contribution in [0.2, 0.25) is 0 Å². The molecule has 60 heavy (non-hydrogen) atoms. The maximum Gasteiger partial charge on any atom is 0.0443 e. The smallest absolute Gasteiger partial charge is 0.0443 e. The minimum Gasteiger partial charge on any atom is -0.134 e. The van der Waals surface area contributed by atoms with E-state index in [1.54, 1.807) is 0 Å². The lowest BCUT2D eigenvalue weighted by Crippen LogP contribution is -2.15. The van der Waals surface area contributed by atoms with Crippen LogP contribution in [-0.4, -0.2) is 0 Å². The van der Waals surface area contributed by atoms with Gasteiger partial charge in [0, 0.05) is 31.2 Å². The molecule has 1 heteroatoms. The molecule has 280 valence electrons. The zero-order valence-corrected chi connectivity index (χ0v) is 34.2. The van der Waals surface area contributed by atoms with Gasteiger partial charge in [-0.1, -0.05) is 196 Å². The van der Waals surface area contributed by atoms with Gasteiger partial charge in [0.05, 0.1) is 0 Å². The average Bonchev–Trinajstić information content (AvgIpc) is 3.80. The highest BCUT2D eigenvalue weighted by Crippen LogP contribution is 2.58. The van der Waals surface area contributed by atoms with Crippen LogP contribution < -0.4 is 0 Å². The molecule has 0 N–H and O–H groups in total. The Morgan fingerprint density at radius 2 is 0.833 bits per heavy atom. The summed E-state index contributed by atoms with van der Waals surface area (Å²) in [6.07, 6.45) is 0. The summed E-state index contributed by atoms with van der Waals surface area (Å²) in [6, 6.07) is 72.7. The van der Waals surface area contributed by atoms with Gasteiger partial charge in [-0.25, -0.2) is 0 Å². The predicted molar refractivity (Wildman–Crippen MR) is 261 cm³/mol. The zero-order valence-electron chi connectivity index (χ0n) is 33.4. The Bertz CT molecular complexity index is 3740. The molecule has 0 bridgehead atoms. The summed E-state index contributed by atoms with van der Waals surface area (Å²) in [5, 5.41) is 15.6. The van der Waals surface area contributed by atoms with Crippen LogP contribution in [0.3, 0.4) is 0 Å². The van der Waals surface area contributed by atoms with Crippen molar-refractivity contribution in [3.63, 3.8) is 0 Å². The molecule has 0 unspecified atom stereocenters. The van der Waals surface area contributed by atoms with Crippen molar-refractivity contribution < 1.29 is 0 Å². The number of fused-ring (bicyclic) bond motifs is 14. The van der Waals surface area contributed by atoms with E-state index < -0.39 is 0 Å². The molecular formula is C59H38S. The molecule has 0 radical (unpaired) electrons. The van der Waals surface area contributed by atoms with Crippen molar-refractivity contribution in [1.82, 2.24) is 0 Å². The SMILES string of the molecule is CC1(C)c2cc(-c3ccc(-c4c5ccccc5c(-c5cccc6ccccc56)c5ccccc45)c4ccccc34)ccc2-c2c1c1ccccc1c1c2sc2ccccc21. The molecule has 1 heterocycles. The van der Waals surface area contributed by atoms with E-state index in [9.17, 15) is 0 Å². The summed E-state index contributed by atoms with van der Waals surface area (Å²) in [5.74, 6) is 0. The topological polar surface area (TPSA) is 0 Å². The largest absolute Gasteiger partial charge is 0.134 e. The van der Waals surface area contributed by atoms with E-state index in [1.165, 1.54) is 130 Å². The molecule has 0 fully saturated rings. The second-order valence-corrected chi connectivity index (χ2v) is 18.1. The van der Waals surface area contributed by atoms with Gasteiger partial charge in [0.2, 0.25) is 0 Å². The highest BCUT2D eigenvalue weighted by atomic mass is 32.1. The van der Waals surface area contributed by atoms with E-state index in [4.69, 9.17) is 0 Å². The third-order valence-corrected chi connectivity index (χ3v) is 14.8. The molecule has 12 aromatic rings. The van der Waals surface area contributed by atoms with Crippen LogP contribution in [0.4, 0.5) is 0 Å². The van der Waals surface area contributed by atoms with Gasteiger partial charge in [0.25, 0.3) is 0 Å². The van der Waals surface area contributed by atoms with E-state index in [0.717, 1.165) is 0 Å². The van der Waals surface area contributed by atoms with Gasteiger partial charge in [-0.3, -0.25) is 0 Å². The highest BCUT2D eigenvalue weighted by molar-refractivity contribution is 7.26. The number of hydrogen-bond acceptors (Lipinski definition) is 1. The van der Waals surface area contributed by atoms with Crippen LogP contribution in [0.25, 0.3) is 119 Å². The first-order valence-corrected chi connectivity index (χ1v) is 21.8. The van der Waals surface area contributed by atoms with E-state index in [-0.39, 0.29) is 5.41 Å². The Morgan fingerprint density at radius 1 is 0.350 bits per heavy atom. The van der Waals surface area contributed by atoms with Gasteiger partial charge in [-0.2, -0.15) is 0 Å². The number of benzene rings is 11. The third-order valence-electron chi connectivity index (χ3n) is 13.6. The first-order valence-electron chi connectivity index (χ1n) is 21.0. The van der Waals surface area contributed by atoms with Crippen LogP contribution in [0.5, 0.6) is 0 Å². The Kier molecular flexibility index (Phi) is 7.04. The number of thiophene rings is 1. The lowest BCUT2D eigenvalue weighted by atomic mass is 9.79. The van der Waals surface area contributed by atoms with Gasteiger partial charge >= 0.3 is 0 Å². The summed E-state index contributed by atoms with van der Waals surface area (Å²) in [4.78, 5) is 0. The zero-order chi connectivity index (χ0) is 39.7.